The summed E-state index contributed by atoms with van der Waals surface area (Å²) in [5.41, 5.74) is 6.98. The summed E-state index contributed by atoms with van der Waals surface area (Å²) < 4.78 is 27.5. The number of aliphatic imine (C=N–C) groups is 1. The van der Waals surface area contributed by atoms with Gasteiger partial charge in [-0.25, -0.2) is 13.8 Å². The normalized spacial score (nSPS) is 14.8. The Morgan fingerprint density at radius 3 is 2.41 bits per heavy atom. The number of carbonyl (C=O) groups excluding carboxylic acids is 1. The van der Waals surface area contributed by atoms with E-state index < -0.39 is 17.5 Å². The summed E-state index contributed by atoms with van der Waals surface area (Å²) in [6.45, 7) is 5.59. The molecule has 154 valence electrons. The first-order valence-electron chi connectivity index (χ1n) is 9.60. The SMILES string of the molecule is CCNC(=NCc1ccc(C(N)=O)cc1)N1CCN(c2cc(F)ccc2F)CC1. The quantitative estimate of drug-likeness (QED) is 0.596. The molecule has 2 aromatic carbocycles. The second kappa shape index (κ2) is 9.36. The number of primary amides is 1. The Morgan fingerprint density at radius 2 is 1.79 bits per heavy atom. The van der Waals surface area contributed by atoms with Crippen molar-refractivity contribution >= 4 is 17.6 Å². The summed E-state index contributed by atoms with van der Waals surface area (Å²) >= 11 is 0. The molecule has 8 heteroatoms. The molecule has 1 heterocycles. The van der Waals surface area contributed by atoms with Crippen LogP contribution in [0.2, 0.25) is 0 Å². The van der Waals surface area contributed by atoms with Crippen molar-refractivity contribution in [1.82, 2.24) is 10.2 Å². The fraction of sp³-hybridized carbons (Fsp3) is 0.333. The van der Waals surface area contributed by atoms with E-state index in [9.17, 15) is 13.6 Å². The maximum atomic E-state index is 14.0. The lowest BCUT2D eigenvalue weighted by Gasteiger charge is -2.37. The lowest BCUT2D eigenvalue weighted by atomic mass is 10.1. The Labute approximate surface area is 169 Å². The van der Waals surface area contributed by atoms with E-state index >= 15 is 0 Å². The Hall–Kier alpha value is -3.16. The van der Waals surface area contributed by atoms with Crippen LogP contribution in [0.4, 0.5) is 14.5 Å². The molecule has 0 aromatic heterocycles. The van der Waals surface area contributed by atoms with Gasteiger partial charge in [-0.15, -0.1) is 0 Å². The van der Waals surface area contributed by atoms with Crippen LogP contribution in [0, 0.1) is 11.6 Å². The maximum Gasteiger partial charge on any atom is 0.248 e. The van der Waals surface area contributed by atoms with E-state index in [1.807, 2.05) is 24.0 Å². The molecule has 1 aliphatic rings. The highest BCUT2D eigenvalue weighted by Crippen LogP contribution is 2.22. The summed E-state index contributed by atoms with van der Waals surface area (Å²) in [4.78, 5) is 19.8. The Balaban J connectivity index is 1.64. The first-order valence-corrected chi connectivity index (χ1v) is 9.60. The third-order valence-electron chi connectivity index (χ3n) is 4.81. The molecular formula is C21H25F2N5O. The minimum absolute atomic E-state index is 0.293. The van der Waals surface area contributed by atoms with Gasteiger partial charge in [-0.2, -0.15) is 0 Å². The number of anilines is 1. The monoisotopic (exact) mass is 401 g/mol. The van der Waals surface area contributed by atoms with Crippen LogP contribution in [0.3, 0.4) is 0 Å². The minimum atomic E-state index is -0.457. The van der Waals surface area contributed by atoms with Gasteiger partial charge in [0.1, 0.15) is 11.6 Å². The van der Waals surface area contributed by atoms with Crippen molar-refractivity contribution in [3.8, 4) is 0 Å². The highest BCUT2D eigenvalue weighted by Gasteiger charge is 2.22. The topological polar surface area (TPSA) is 74.0 Å². The molecule has 1 fully saturated rings. The van der Waals surface area contributed by atoms with E-state index in [0.717, 1.165) is 30.2 Å². The second-order valence-corrected chi connectivity index (χ2v) is 6.80. The highest BCUT2D eigenvalue weighted by atomic mass is 19.1. The van der Waals surface area contributed by atoms with Crippen LogP contribution in [0.5, 0.6) is 0 Å². The summed E-state index contributed by atoms with van der Waals surface area (Å²) in [5.74, 6) is -0.548. The van der Waals surface area contributed by atoms with Crippen molar-refractivity contribution < 1.29 is 13.6 Å². The molecule has 0 atom stereocenters. The number of rotatable bonds is 5. The van der Waals surface area contributed by atoms with Crippen molar-refractivity contribution in [1.29, 1.82) is 0 Å². The average molecular weight is 401 g/mol. The molecule has 1 aliphatic heterocycles. The van der Waals surface area contributed by atoms with Gasteiger partial charge in [-0.3, -0.25) is 4.79 Å². The summed E-state index contributed by atoms with van der Waals surface area (Å²) in [6, 6.07) is 10.6. The number of nitrogens with one attached hydrogen (secondary N) is 1. The summed E-state index contributed by atoms with van der Waals surface area (Å²) in [6.07, 6.45) is 0. The van der Waals surface area contributed by atoms with Crippen LogP contribution >= 0.6 is 0 Å². The molecule has 29 heavy (non-hydrogen) atoms. The predicted octanol–water partition coefficient (Wildman–Crippen LogP) is 2.35. The van der Waals surface area contributed by atoms with Gasteiger partial charge in [-0.05, 0) is 36.8 Å². The van der Waals surface area contributed by atoms with Gasteiger partial charge in [0.2, 0.25) is 5.91 Å². The molecule has 0 aliphatic carbocycles. The standard InChI is InChI=1S/C21H25F2N5O/c1-2-25-21(26-14-15-3-5-16(6-4-15)20(24)29)28-11-9-27(10-12-28)19-13-17(22)7-8-18(19)23/h3-8,13H,2,9-12,14H2,1H3,(H2,24,29)(H,25,26). The smallest absolute Gasteiger partial charge is 0.248 e. The molecule has 0 spiro atoms. The van der Waals surface area contributed by atoms with E-state index in [4.69, 9.17) is 5.73 Å². The zero-order chi connectivity index (χ0) is 20.8. The number of hydrogen-bond acceptors (Lipinski definition) is 3. The van der Waals surface area contributed by atoms with E-state index in [1.165, 1.54) is 6.07 Å². The van der Waals surface area contributed by atoms with Gasteiger partial charge in [0.05, 0.1) is 12.2 Å². The molecule has 0 bridgehead atoms. The number of halogens is 2. The first-order chi connectivity index (χ1) is 14.0. The van der Waals surface area contributed by atoms with Gasteiger partial charge in [0, 0.05) is 44.4 Å². The van der Waals surface area contributed by atoms with Crippen molar-refractivity contribution in [2.45, 2.75) is 13.5 Å². The lowest BCUT2D eigenvalue weighted by Crippen LogP contribution is -2.52. The molecular weight excluding hydrogens is 376 g/mol. The van der Waals surface area contributed by atoms with Crippen molar-refractivity contribution in [3.63, 3.8) is 0 Å². The number of guanidine groups is 1. The van der Waals surface area contributed by atoms with Gasteiger partial charge in [0.25, 0.3) is 0 Å². The lowest BCUT2D eigenvalue weighted by molar-refractivity contribution is 0.100. The van der Waals surface area contributed by atoms with Crippen LogP contribution in [0.15, 0.2) is 47.5 Å². The Morgan fingerprint density at radius 1 is 1.10 bits per heavy atom. The van der Waals surface area contributed by atoms with Crippen LogP contribution in [0.1, 0.15) is 22.8 Å². The van der Waals surface area contributed by atoms with Gasteiger partial charge in [0.15, 0.2) is 5.96 Å². The molecule has 1 amide bonds. The zero-order valence-electron chi connectivity index (χ0n) is 16.4. The number of benzene rings is 2. The highest BCUT2D eigenvalue weighted by molar-refractivity contribution is 5.92. The van der Waals surface area contributed by atoms with E-state index in [0.29, 0.717) is 44.0 Å². The second-order valence-electron chi connectivity index (χ2n) is 6.80. The van der Waals surface area contributed by atoms with Gasteiger partial charge < -0.3 is 20.9 Å². The molecule has 1 saturated heterocycles. The predicted molar refractivity (Wildman–Crippen MR) is 110 cm³/mol. The van der Waals surface area contributed by atoms with Crippen molar-refractivity contribution in [3.05, 3.63) is 65.2 Å². The van der Waals surface area contributed by atoms with Crippen LogP contribution in [-0.4, -0.2) is 49.5 Å². The number of hydrogen-bond donors (Lipinski definition) is 2. The number of piperazine rings is 1. The Bertz CT molecular complexity index is 877. The molecule has 0 unspecified atom stereocenters. The first kappa shape index (κ1) is 20.6. The van der Waals surface area contributed by atoms with E-state index in [-0.39, 0.29) is 0 Å². The number of carbonyl (C=O) groups is 1. The largest absolute Gasteiger partial charge is 0.366 e. The van der Waals surface area contributed by atoms with Gasteiger partial charge in [-0.1, -0.05) is 12.1 Å². The van der Waals surface area contributed by atoms with Crippen LogP contribution < -0.4 is 16.0 Å². The molecule has 6 nitrogen and oxygen atoms in total. The molecule has 2 aromatic rings. The van der Waals surface area contributed by atoms with Crippen LogP contribution in [-0.2, 0) is 6.54 Å². The summed E-state index contributed by atoms with van der Waals surface area (Å²) in [7, 11) is 0. The molecule has 0 saturated carbocycles. The third-order valence-corrected chi connectivity index (χ3v) is 4.81. The molecule has 3 rings (SSSR count). The fourth-order valence-corrected chi connectivity index (χ4v) is 3.25. The number of amides is 1. The number of nitrogens with two attached hydrogens (primary N) is 1. The summed E-state index contributed by atoms with van der Waals surface area (Å²) in [5, 5.41) is 3.28. The third kappa shape index (κ3) is 5.22. The maximum absolute atomic E-state index is 14.0. The Kier molecular flexibility index (Phi) is 6.64. The number of nitrogens with zero attached hydrogens (tertiary/aromatic N) is 3. The molecule has 0 radical (unpaired) electrons. The minimum Gasteiger partial charge on any atom is -0.366 e. The molecule has 3 N–H and O–H groups in total. The zero-order valence-corrected chi connectivity index (χ0v) is 16.4. The van der Waals surface area contributed by atoms with Crippen molar-refractivity contribution in [2.24, 2.45) is 10.7 Å². The fourth-order valence-electron chi connectivity index (χ4n) is 3.25. The average Bonchev–Trinajstić information content (AvgIpc) is 2.73. The van der Waals surface area contributed by atoms with Crippen LogP contribution in [0.25, 0.3) is 0 Å². The van der Waals surface area contributed by atoms with E-state index in [2.05, 4.69) is 15.2 Å². The van der Waals surface area contributed by atoms with Crippen molar-refractivity contribution in [2.75, 3.05) is 37.6 Å². The van der Waals surface area contributed by atoms with E-state index in [1.54, 1.807) is 12.1 Å². The van der Waals surface area contributed by atoms with Gasteiger partial charge >= 0.3 is 0 Å².